The van der Waals surface area contributed by atoms with Crippen molar-refractivity contribution < 1.29 is 19.8 Å². The van der Waals surface area contributed by atoms with Crippen molar-refractivity contribution >= 4 is 11.8 Å². The minimum atomic E-state index is -1.29. The lowest BCUT2D eigenvalue weighted by Gasteiger charge is -2.59. The Morgan fingerprint density at radius 3 is 1.30 bits per heavy atom. The van der Waals surface area contributed by atoms with Crippen molar-refractivity contribution in [2.75, 3.05) is 0 Å². The molecule has 0 aromatic heterocycles. The summed E-state index contributed by atoms with van der Waals surface area (Å²) in [5.41, 5.74) is 1.24. The van der Waals surface area contributed by atoms with Gasteiger partial charge in [0.05, 0.1) is 23.3 Å². The van der Waals surface area contributed by atoms with E-state index in [-0.39, 0.29) is 5.91 Å². The summed E-state index contributed by atoms with van der Waals surface area (Å²) in [5.74, 6) is -0.920. The summed E-state index contributed by atoms with van der Waals surface area (Å²) in [6, 6.07) is -1.23. The fraction of sp³-hybridized carbons (Fsp3) is 0.926. The van der Waals surface area contributed by atoms with Crippen LogP contribution in [-0.2, 0) is 9.59 Å². The van der Waals surface area contributed by atoms with Crippen LogP contribution in [0.4, 0.5) is 0 Å². The Bertz CT molecular complexity index is 639. The topological polar surface area (TPSA) is 104 Å². The first-order valence-corrected chi connectivity index (χ1v) is 13.0. The Kier molecular flexibility index (Phi) is 9.27. The molecule has 0 radical (unpaired) electrons. The molecule has 0 heterocycles. The normalized spacial score (nSPS) is 19.3. The molecular formula is C27H52N2O4. The van der Waals surface area contributed by atoms with Gasteiger partial charge in [0.25, 0.3) is 0 Å². The average molecular weight is 469 g/mol. The highest BCUT2D eigenvalue weighted by atomic mass is 16.3. The van der Waals surface area contributed by atoms with Gasteiger partial charge < -0.3 is 20.8 Å². The average Bonchev–Trinajstić information content (AvgIpc) is 3.21. The van der Waals surface area contributed by atoms with E-state index in [0.717, 1.165) is 12.8 Å². The molecular weight excluding hydrogens is 416 g/mol. The van der Waals surface area contributed by atoms with E-state index >= 15 is 0 Å². The molecule has 0 bridgehead atoms. The minimum Gasteiger partial charge on any atom is -0.388 e. The molecule has 0 spiro atoms. The summed E-state index contributed by atoms with van der Waals surface area (Å²) < 4.78 is 0. The molecule has 6 heteroatoms. The van der Waals surface area contributed by atoms with Crippen LogP contribution in [0, 0.1) is 16.2 Å². The van der Waals surface area contributed by atoms with E-state index < -0.39 is 45.4 Å². The Morgan fingerprint density at radius 2 is 1.09 bits per heavy atom. The van der Waals surface area contributed by atoms with Crippen molar-refractivity contribution in [3.05, 3.63) is 0 Å². The molecule has 194 valence electrons. The Balaban J connectivity index is 4.08. The van der Waals surface area contributed by atoms with E-state index in [0.29, 0.717) is 38.5 Å². The summed E-state index contributed by atoms with van der Waals surface area (Å²) in [4.78, 5) is 29.2. The number of nitrogens with zero attached hydrogens (tertiary/aromatic N) is 1. The largest absolute Gasteiger partial charge is 0.388 e. The highest BCUT2D eigenvalue weighted by Crippen LogP contribution is 2.49. The maximum absolute atomic E-state index is 14.6. The number of hydrogen-bond donors (Lipinski definition) is 3. The van der Waals surface area contributed by atoms with Crippen LogP contribution < -0.4 is 5.73 Å². The number of amides is 2. The maximum Gasteiger partial charge on any atom is 0.238 e. The smallest absolute Gasteiger partial charge is 0.238 e. The van der Waals surface area contributed by atoms with E-state index in [1.165, 1.54) is 0 Å². The molecule has 2 atom stereocenters. The van der Waals surface area contributed by atoms with Crippen LogP contribution in [0.2, 0.25) is 0 Å². The zero-order chi connectivity index (χ0) is 26.0. The van der Waals surface area contributed by atoms with Crippen LogP contribution in [0.15, 0.2) is 0 Å². The van der Waals surface area contributed by atoms with Crippen LogP contribution in [0.5, 0.6) is 0 Å². The van der Waals surface area contributed by atoms with E-state index in [9.17, 15) is 19.8 Å². The standard InChI is InChI=1S/C27H52N2O4/c1-11-26(32,12-2)19(23(5,6)7)29(20(24(8,9)10)27(33,13-3)14-4)22(31)25(21(28)30)17-15-16-18-25/h19-20,32-33H,11-18H2,1-10H3,(H2,28,30). The molecule has 6 nitrogen and oxygen atoms in total. The first-order chi connectivity index (χ1) is 14.9. The highest BCUT2D eigenvalue weighted by Gasteiger charge is 2.60. The maximum atomic E-state index is 14.6. The number of aliphatic hydroxyl groups is 2. The lowest BCUT2D eigenvalue weighted by atomic mass is 9.66. The Morgan fingerprint density at radius 1 is 0.788 bits per heavy atom. The van der Waals surface area contributed by atoms with Gasteiger partial charge in [0.15, 0.2) is 0 Å². The van der Waals surface area contributed by atoms with Gasteiger partial charge in [-0.1, -0.05) is 82.1 Å². The van der Waals surface area contributed by atoms with Crippen molar-refractivity contribution in [1.29, 1.82) is 0 Å². The monoisotopic (exact) mass is 468 g/mol. The van der Waals surface area contributed by atoms with Crippen molar-refractivity contribution in [2.45, 2.75) is 144 Å². The number of nitrogens with two attached hydrogens (primary N) is 1. The molecule has 0 aromatic carbocycles. The van der Waals surface area contributed by atoms with E-state index in [4.69, 9.17) is 5.73 Å². The van der Waals surface area contributed by atoms with Gasteiger partial charge in [-0.15, -0.1) is 0 Å². The van der Waals surface area contributed by atoms with Gasteiger partial charge in [-0.25, -0.2) is 0 Å². The third-order valence-electron chi connectivity index (χ3n) is 8.24. The van der Waals surface area contributed by atoms with Crippen molar-refractivity contribution in [3.8, 4) is 0 Å². The molecule has 1 rings (SSSR count). The van der Waals surface area contributed by atoms with Crippen molar-refractivity contribution in [1.82, 2.24) is 4.90 Å². The van der Waals surface area contributed by atoms with Gasteiger partial charge >= 0.3 is 0 Å². The van der Waals surface area contributed by atoms with Gasteiger partial charge in [-0.2, -0.15) is 0 Å². The summed E-state index contributed by atoms with van der Waals surface area (Å²) in [7, 11) is 0. The van der Waals surface area contributed by atoms with Crippen LogP contribution in [0.1, 0.15) is 121 Å². The number of primary amides is 1. The SMILES string of the molecule is CCC(O)(CC)C(N(C(=O)C1(C(N)=O)CCCC1)C(C(C)(C)C)C(O)(CC)CC)C(C)(C)C. The second-order valence-corrected chi connectivity index (χ2v) is 12.5. The molecule has 1 saturated carbocycles. The minimum absolute atomic E-state index is 0.326. The molecule has 0 saturated heterocycles. The van der Waals surface area contributed by atoms with Gasteiger partial charge in [-0.3, -0.25) is 9.59 Å². The molecule has 0 aliphatic heterocycles. The van der Waals surface area contributed by atoms with Crippen LogP contribution in [0.25, 0.3) is 0 Å². The third-order valence-corrected chi connectivity index (χ3v) is 8.24. The van der Waals surface area contributed by atoms with Crippen LogP contribution in [-0.4, -0.2) is 50.2 Å². The highest BCUT2D eigenvalue weighted by molar-refractivity contribution is 6.05. The lowest BCUT2D eigenvalue weighted by molar-refractivity contribution is -0.192. The van der Waals surface area contributed by atoms with E-state index in [1.54, 1.807) is 4.90 Å². The number of carbonyl (C=O) groups is 2. The number of hydrogen-bond acceptors (Lipinski definition) is 4. The van der Waals surface area contributed by atoms with E-state index in [2.05, 4.69) is 0 Å². The lowest BCUT2D eigenvalue weighted by Crippen LogP contribution is -2.72. The number of rotatable bonds is 10. The molecule has 4 N–H and O–H groups in total. The molecule has 2 unspecified atom stereocenters. The molecule has 0 aromatic rings. The first kappa shape index (κ1) is 29.9. The Labute approximate surface area is 202 Å². The summed E-state index contributed by atoms with van der Waals surface area (Å²) in [5, 5.41) is 23.9. The van der Waals surface area contributed by atoms with Gasteiger partial charge in [0.2, 0.25) is 11.8 Å². The van der Waals surface area contributed by atoms with Crippen LogP contribution in [0.3, 0.4) is 0 Å². The second-order valence-electron chi connectivity index (χ2n) is 12.5. The predicted molar refractivity (Wildman–Crippen MR) is 134 cm³/mol. The van der Waals surface area contributed by atoms with Gasteiger partial charge in [-0.05, 0) is 49.4 Å². The predicted octanol–water partition coefficient (Wildman–Crippen LogP) is 4.79. The first-order valence-electron chi connectivity index (χ1n) is 13.0. The quantitative estimate of drug-likeness (QED) is 0.401. The molecule has 1 aliphatic rings. The second kappa shape index (κ2) is 10.2. The molecule has 2 amide bonds. The van der Waals surface area contributed by atoms with Gasteiger partial charge in [0.1, 0.15) is 5.41 Å². The number of carbonyl (C=O) groups excluding carboxylic acids is 2. The van der Waals surface area contributed by atoms with E-state index in [1.807, 2.05) is 69.2 Å². The third kappa shape index (κ3) is 5.58. The summed E-state index contributed by atoms with van der Waals surface area (Å²) in [6.45, 7) is 19.9. The van der Waals surface area contributed by atoms with Crippen LogP contribution >= 0.6 is 0 Å². The zero-order valence-electron chi connectivity index (χ0n) is 23.0. The van der Waals surface area contributed by atoms with Gasteiger partial charge in [0, 0.05) is 0 Å². The molecule has 33 heavy (non-hydrogen) atoms. The zero-order valence-corrected chi connectivity index (χ0v) is 23.0. The van der Waals surface area contributed by atoms with Crippen molar-refractivity contribution in [2.24, 2.45) is 22.0 Å². The fourth-order valence-electron chi connectivity index (χ4n) is 6.41. The summed E-state index contributed by atoms with van der Waals surface area (Å²) >= 11 is 0. The fourth-order valence-corrected chi connectivity index (χ4v) is 6.41. The molecule has 1 fully saturated rings. The molecule has 1 aliphatic carbocycles. The summed E-state index contributed by atoms with van der Waals surface area (Å²) in [6.07, 6.45) is 4.16. The Hall–Kier alpha value is -1.14. The van der Waals surface area contributed by atoms with Crippen molar-refractivity contribution in [3.63, 3.8) is 0 Å².